The lowest BCUT2D eigenvalue weighted by molar-refractivity contribution is -0.0763. The number of rotatable bonds is 9. The fraction of sp³-hybridized carbons (Fsp3) is 1.00. The van der Waals surface area contributed by atoms with Crippen LogP contribution >= 0.6 is 0 Å². The van der Waals surface area contributed by atoms with E-state index in [4.69, 9.17) is 18.9 Å². The van der Waals surface area contributed by atoms with E-state index in [0.717, 1.165) is 135 Å². The first kappa shape index (κ1) is 63.7. The molecule has 7 heterocycles. The Bertz CT molecular complexity index is 899. The Kier molecular flexibility index (Phi) is 36.2. The molecule has 66 heavy (non-hydrogen) atoms. The molecule has 2 aliphatic carbocycles. The molecule has 0 bridgehead atoms. The van der Waals surface area contributed by atoms with Crippen molar-refractivity contribution >= 4 is 0 Å². The average Bonchev–Trinajstić information content (AvgIpc) is 3.75. The highest BCUT2D eigenvalue weighted by Crippen LogP contribution is 2.36. The van der Waals surface area contributed by atoms with Gasteiger partial charge in [0.05, 0.1) is 25.4 Å². The molecule has 0 aromatic carbocycles. The summed E-state index contributed by atoms with van der Waals surface area (Å²) in [6.45, 7) is 51.7. The van der Waals surface area contributed by atoms with Gasteiger partial charge in [0.15, 0.2) is 0 Å². The molecular weight excluding hydrogens is 815 g/mol. The van der Waals surface area contributed by atoms with E-state index in [1.165, 1.54) is 110 Å². The third-order valence-electron chi connectivity index (χ3n) is 16.0. The van der Waals surface area contributed by atoms with E-state index in [1.54, 1.807) is 0 Å². The normalized spacial score (nSPS) is 27.7. The first-order valence-electron chi connectivity index (χ1n) is 28.8. The number of hydrogen-bond acceptors (Lipinski definition) is 7. The minimum atomic E-state index is 0.565. The summed E-state index contributed by atoms with van der Waals surface area (Å²) in [6, 6.07) is 1.65. The summed E-state index contributed by atoms with van der Waals surface area (Å²) in [5.74, 6) is 12.4. The lowest BCUT2D eigenvalue weighted by Gasteiger charge is -2.30. The highest BCUT2D eigenvalue weighted by Gasteiger charge is 2.25. The van der Waals surface area contributed by atoms with Gasteiger partial charge in [-0.25, -0.2) is 0 Å². The van der Waals surface area contributed by atoms with Gasteiger partial charge in [-0.3, -0.25) is 0 Å². The molecule has 9 fully saturated rings. The first-order chi connectivity index (χ1) is 31.2. The van der Waals surface area contributed by atoms with E-state index in [2.05, 4.69) is 141 Å². The highest BCUT2D eigenvalue weighted by atomic mass is 16.5. The minimum Gasteiger partial charge on any atom is -0.381 e. The summed E-state index contributed by atoms with van der Waals surface area (Å²) in [7, 11) is 0. The Labute approximate surface area is 414 Å². The lowest BCUT2D eigenvalue weighted by atomic mass is 9.78. The highest BCUT2D eigenvalue weighted by molar-refractivity contribution is 4.80. The maximum atomic E-state index is 5.41. The molecule has 9 aliphatic rings. The summed E-state index contributed by atoms with van der Waals surface area (Å²) in [6.07, 6.45) is 19.3. The van der Waals surface area contributed by atoms with Crippen molar-refractivity contribution in [1.82, 2.24) is 16.0 Å². The van der Waals surface area contributed by atoms with Gasteiger partial charge in [0.2, 0.25) is 0 Å². The van der Waals surface area contributed by atoms with Gasteiger partial charge < -0.3 is 34.9 Å². The van der Waals surface area contributed by atoms with Crippen LogP contribution in [0, 0.1) is 82.9 Å². The minimum absolute atomic E-state index is 0.565. The summed E-state index contributed by atoms with van der Waals surface area (Å²) in [5.41, 5.74) is 0. The molecule has 6 unspecified atom stereocenters. The van der Waals surface area contributed by atoms with Gasteiger partial charge in [-0.1, -0.05) is 144 Å². The third kappa shape index (κ3) is 30.5. The molecule has 0 aromatic rings. The molecule has 7 saturated heterocycles. The van der Waals surface area contributed by atoms with E-state index in [1.807, 2.05) is 0 Å². The Morgan fingerprint density at radius 3 is 0.909 bits per heavy atom. The molecule has 0 radical (unpaired) electrons. The fourth-order valence-electron chi connectivity index (χ4n) is 8.90. The molecule has 6 atom stereocenters. The fourth-order valence-corrected chi connectivity index (χ4v) is 8.90. The van der Waals surface area contributed by atoms with Gasteiger partial charge in [0.25, 0.3) is 0 Å². The van der Waals surface area contributed by atoms with Crippen LogP contribution in [0.15, 0.2) is 0 Å². The summed E-state index contributed by atoms with van der Waals surface area (Å²) >= 11 is 0. The van der Waals surface area contributed by atoms with E-state index in [-0.39, 0.29) is 0 Å². The van der Waals surface area contributed by atoms with E-state index in [9.17, 15) is 0 Å². The van der Waals surface area contributed by atoms with Crippen molar-refractivity contribution < 1.29 is 18.9 Å². The van der Waals surface area contributed by atoms with Crippen LogP contribution in [0.4, 0.5) is 0 Å². The van der Waals surface area contributed by atoms with Gasteiger partial charge in [-0.15, -0.1) is 0 Å². The zero-order valence-electron chi connectivity index (χ0n) is 47.8. The van der Waals surface area contributed by atoms with Gasteiger partial charge in [-0.2, -0.15) is 0 Å². The molecule has 7 heteroatoms. The Balaban J connectivity index is 0.000000372. The molecule has 396 valence electrons. The molecule has 3 N–H and O–H groups in total. The Morgan fingerprint density at radius 1 is 0.318 bits per heavy atom. The summed E-state index contributed by atoms with van der Waals surface area (Å²) in [4.78, 5) is 0. The van der Waals surface area contributed by atoms with Crippen LogP contribution in [0.25, 0.3) is 0 Å². The second-order valence-electron chi connectivity index (χ2n) is 24.7. The zero-order valence-corrected chi connectivity index (χ0v) is 47.8. The second kappa shape index (κ2) is 37.5. The van der Waals surface area contributed by atoms with Gasteiger partial charge in [0.1, 0.15) is 0 Å². The number of nitrogens with one attached hydrogen (secondary N) is 3. The molecule has 9 rings (SSSR count). The maximum absolute atomic E-state index is 5.41. The van der Waals surface area contributed by atoms with Crippen molar-refractivity contribution in [2.45, 2.75) is 232 Å². The van der Waals surface area contributed by atoms with Crippen LogP contribution in [-0.2, 0) is 18.9 Å². The standard InChI is InChI=1S/2C7H15N.2C7H14O.C7H14.C6H13N.2C6H12O.C6H12/c1-6(2)7-3-4-8-5-7;1-6(2)7-4-3-5-8-7;1-6(2)7-3-4-8-5-7;1-6(2)7-4-3-5-8-7;1-6(2)7-4-3-5-7;1-5(2)6-3-4-7-6;1-5(2)6-3-7-4-6;1-5(2)6-3-4-7-6;1-5(2)6-3-4-6/h2*6-8H,3-5H2,1-2H3;2*6-7H,3-5H2,1-2H3;6-7H,3-5H2,1-2H3;5-7H,3-4H2,1-2H3;2*5-6H,3-4H2,1-2H3;5-6H,3-4H2,1-2H3. The Morgan fingerprint density at radius 2 is 0.788 bits per heavy atom. The van der Waals surface area contributed by atoms with Crippen LogP contribution in [0.5, 0.6) is 0 Å². The van der Waals surface area contributed by atoms with E-state index < -0.39 is 0 Å². The summed E-state index contributed by atoms with van der Waals surface area (Å²) in [5, 5.41) is 10.2. The number of ether oxygens (including phenoxy) is 4. The largest absolute Gasteiger partial charge is 0.381 e. The maximum Gasteiger partial charge on any atom is 0.0619 e. The van der Waals surface area contributed by atoms with Gasteiger partial charge in [-0.05, 0) is 167 Å². The predicted octanol–water partition coefficient (Wildman–Crippen LogP) is 14.4. The molecular formula is C59H121N3O4. The zero-order chi connectivity index (χ0) is 49.6. The topological polar surface area (TPSA) is 73.0 Å². The van der Waals surface area contributed by atoms with E-state index >= 15 is 0 Å². The van der Waals surface area contributed by atoms with Crippen molar-refractivity contribution in [3.63, 3.8) is 0 Å². The molecule has 2 saturated carbocycles. The SMILES string of the molecule is CC(C)C1CC1.CC(C)C1CCC1.CC(C)C1CCCN1.CC(C)C1CCCO1.CC(C)C1CCN1.CC(C)C1CCNC1.CC(C)C1CCO1.CC(C)C1CCOC1.CC(C)C1COC1. The second-order valence-corrected chi connectivity index (χ2v) is 24.7. The molecule has 7 nitrogen and oxygen atoms in total. The van der Waals surface area contributed by atoms with Crippen LogP contribution in [-0.4, -0.2) is 90.1 Å². The molecule has 0 spiro atoms. The average molecular weight is 937 g/mol. The predicted molar refractivity (Wildman–Crippen MR) is 289 cm³/mol. The smallest absolute Gasteiger partial charge is 0.0619 e. The van der Waals surface area contributed by atoms with Crippen molar-refractivity contribution in [2.24, 2.45) is 82.9 Å². The van der Waals surface area contributed by atoms with Crippen molar-refractivity contribution in [2.75, 3.05) is 65.8 Å². The van der Waals surface area contributed by atoms with Crippen LogP contribution in [0.3, 0.4) is 0 Å². The summed E-state index contributed by atoms with van der Waals surface area (Å²) < 4.78 is 20.8. The van der Waals surface area contributed by atoms with Gasteiger partial charge >= 0.3 is 0 Å². The van der Waals surface area contributed by atoms with Crippen LogP contribution < -0.4 is 16.0 Å². The van der Waals surface area contributed by atoms with E-state index in [0.29, 0.717) is 12.2 Å². The van der Waals surface area contributed by atoms with Crippen LogP contribution in [0.1, 0.15) is 208 Å². The molecule has 0 aromatic heterocycles. The molecule has 7 aliphatic heterocycles. The van der Waals surface area contributed by atoms with Crippen molar-refractivity contribution in [3.8, 4) is 0 Å². The number of hydrogen-bond donors (Lipinski definition) is 3. The third-order valence-corrected chi connectivity index (χ3v) is 16.0. The lowest BCUT2D eigenvalue weighted by Crippen LogP contribution is -2.46. The Hall–Kier alpha value is -0.280. The first-order valence-corrected chi connectivity index (χ1v) is 28.8. The molecule has 0 amide bonds. The van der Waals surface area contributed by atoms with Crippen molar-refractivity contribution in [1.29, 1.82) is 0 Å². The van der Waals surface area contributed by atoms with Crippen LogP contribution in [0.2, 0.25) is 0 Å². The van der Waals surface area contributed by atoms with Crippen molar-refractivity contribution in [3.05, 3.63) is 0 Å². The quantitative estimate of drug-likeness (QED) is 0.213. The van der Waals surface area contributed by atoms with Gasteiger partial charge in [0, 0.05) is 44.4 Å². The monoisotopic (exact) mass is 936 g/mol.